The molecule has 0 bridgehead atoms. The van der Waals surface area contributed by atoms with Gasteiger partial charge in [-0.3, -0.25) is 0 Å². The zero-order valence-corrected chi connectivity index (χ0v) is 12.0. The van der Waals surface area contributed by atoms with Crippen molar-refractivity contribution in [3.8, 4) is 0 Å². The smallest absolute Gasteiger partial charge is 0.00788 e. The average molecular weight is 255 g/mol. The zero-order valence-electron chi connectivity index (χ0n) is 12.0. The van der Waals surface area contributed by atoms with Gasteiger partial charge in [0.2, 0.25) is 0 Å². The summed E-state index contributed by atoms with van der Waals surface area (Å²) in [7, 11) is 0. The van der Waals surface area contributed by atoms with Gasteiger partial charge in [0.1, 0.15) is 0 Å². The molecule has 19 heavy (non-hydrogen) atoms. The summed E-state index contributed by atoms with van der Waals surface area (Å²) in [5.74, 6) is 0.795. The van der Waals surface area contributed by atoms with E-state index in [2.05, 4.69) is 42.6 Å². The van der Waals surface area contributed by atoms with Gasteiger partial charge in [0.05, 0.1) is 0 Å². The Kier molecular flexibility index (Phi) is 4.03. The second-order valence-corrected chi connectivity index (χ2v) is 6.24. The lowest BCUT2D eigenvalue weighted by Gasteiger charge is -2.36. The molecule has 0 aliphatic heterocycles. The maximum atomic E-state index is 3.72. The highest BCUT2D eigenvalue weighted by Gasteiger charge is 2.29. The Morgan fingerprint density at radius 1 is 1.26 bits per heavy atom. The molecule has 0 saturated heterocycles. The van der Waals surface area contributed by atoms with Crippen LogP contribution in [0.5, 0.6) is 0 Å². The van der Waals surface area contributed by atoms with E-state index in [1.54, 1.807) is 5.57 Å². The number of benzene rings is 1. The van der Waals surface area contributed by atoms with Crippen LogP contribution in [0.4, 0.5) is 0 Å². The van der Waals surface area contributed by atoms with Crippen molar-refractivity contribution in [2.75, 3.05) is 6.54 Å². The Bertz CT molecular complexity index is 455. The van der Waals surface area contributed by atoms with Crippen molar-refractivity contribution >= 4 is 0 Å². The molecule has 0 unspecified atom stereocenters. The molecule has 2 aliphatic carbocycles. The number of allylic oxidation sites excluding steroid dienone is 1. The van der Waals surface area contributed by atoms with Gasteiger partial charge < -0.3 is 5.32 Å². The lowest BCUT2D eigenvalue weighted by Crippen LogP contribution is -2.40. The van der Waals surface area contributed by atoms with E-state index in [1.165, 1.54) is 56.2 Å². The quantitative estimate of drug-likeness (QED) is 0.772. The summed E-state index contributed by atoms with van der Waals surface area (Å²) in [6.45, 7) is 3.37. The fraction of sp³-hybridized carbons (Fsp3) is 0.556. The van der Waals surface area contributed by atoms with Crippen molar-refractivity contribution in [2.24, 2.45) is 0 Å². The standard InChI is InChI=1S/C18H25N/c1-14-5-4-8-16(11-14)17-12-18(13-17)19-10-9-15-6-2-3-7-15/h4-6,8,11,17-19H,2-3,7,9-10,12-13H2,1H3. The lowest BCUT2D eigenvalue weighted by atomic mass is 9.75. The summed E-state index contributed by atoms with van der Waals surface area (Å²) in [4.78, 5) is 0. The number of hydrogen-bond donors (Lipinski definition) is 1. The summed E-state index contributed by atoms with van der Waals surface area (Å²) in [5, 5.41) is 3.72. The lowest BCUT2D eigenvalue weighted by molar-refractivity contribution is 0.292. The first-order valence-electron chi connectivity index (χ1n) is 7.79. The van der Waals surface area contributed by atoms with E-state index in [-0.39, 0.29) is 0 Å². The van der Waals surface area contributed by atoms with E-state index < -0.39 is 0 Å². The van der Waals surface area contributed by atoms with Gasteiger partial charge in [-0.2, -0.15) is 0 Å². The van der Waals surface area contributed by atoms with Crippen LogP contribution in [-0.4, -0.2) is 12.6 Å². The van der Waals surface area contributed by atoms with Crippen LogP contribution in [0.3, 0.4) is 0 Å². The molecular formula is C18H25N. The maximum absolute atomic E-state index is 3.72. The molecule has 1 saturated carbocycles. The first-order valence-corrected chi connectivity index (χ1v) is 7.79. The first kappa shape index (κ1) is 12.9. The van der Waals surface area contributed by atoms with Gasteiger partial charge in [-0.05, 0) is 63.5 Å². The topological polar surface area (TPSA) is 12.0 Å². The molecule has 1 aromatic rings. The fourth-order valence-electron chi connectivity index (χ4n) is 3.38. The Labute approximate surface area is 117 Å². The van der Waals surface area contributed by atoms with Crippen molar-refractivity contribution in [3.63, 3.8) is 0 Å². The van der Waals surface area contributed by atoms with Crippen molar-refractivity contribution < 1.29 is 0 Å². The molecule has 1 fully saturated rings. The van der Waals surface area contributed by atoms with Gasteiger partial charge in [-0.1, -0.05) is 41.5 Å². The minimum absolute atomic E-state index is 0.757. The van der Waals surface area contributed by atoms with Crippen molar-refractivity contribution in [3.05, 3.63) is 47.0 Å². The molecule has 3 rings (SSSR count). The largest absolute Gasteiger partial charge is 0.314 e. The SMILES string of the molecule is Cc1cccc(C2CC(NCCC3=CCCC3)C2)c1. The minimum Gasteiger partial charge on any atom is -0.314 e. The second kappa shape index (κ2) is 5.92. The van der Waals surface area contributed by atoms with Crippen molar-refractivity contribution in [1.29, 1.82) is 0 Å². The minimum atomic E-state index is 0.757. The van der Waals surface area contributed by atoms with Gasteiger partial charge in [0.15, 0.2) is 0 Å². The Hall–Kier alpha value is -1.08. The van der Waals surface area contributed by atoms with Gasteiger partial charge in [0, 0.05) is 6.04 Å². The van der Waals surface area contributed by atoms with Crippen LogP contribution in [-0.2, 0) is 0 Å². The van der Waals surface area contributed by atoms with Crippen LogP contribution in [0, 0.1) is 6.92 Å². The number of hydrogen-bond acceptors (Lipinski definition) is 1. The van der Waals surface area contributed by atoms with E-state index in [0.717, 1.165) is 12.0 Å². The predicted molar refractivity (Wildman–Crippen MR) is 81.5 cm³/mol. The normalized spacial score (nSPS) is 26.1. The predicted octanol–water partition coefficient (Wildman–Crippen LogP) is 4.33. The van der Waals surface area contributed by atoms with E-state index in [1.807, 2.05) is 0 Å². The third-order valence-corrected chi connectivity index (χ3v) is 4.67. The number of rotatable bonds is 5. The van der Waals surface area contributed by atoms with Gasteiger partial charge in [0.25, 0.3) is 0 Å². The molecule has 0 radical (unpaired) electrons. The summed E-state index contributed by atoms with van der Waals surface area (Å²) in [6.07, 6.45) is 10.4. The van der Waals surface area contributed by atoms with Gasteiger partial charge in [-0.15, -0.1) is 0 Å². The molecule has 0 atom stereocenters. The van der Waals surface area contributed by atoms with Crippen LogP contribution in [0.1, 0.15) is 55.6 Å². The summed E-state index contributed by atoms with van der Waals surface area (Å²) < 4.78 is 0. The van der Waals surface area contributed by atoms with E-state index in [0.29, 0.717) is 0 Å². The maximum Gasteiger partial charge on any atom is 0.00788 e. The highest BCUT2D eigenvalue weighted by Crippen LogP contribution is 2.37. The van der Waals surface area contributed by atoms with Gasteiger partial charge in [-0.25, -0.2) is 0 Å². The van der Waals surface area contributed by atoms with Crippen LogP contribution in [0.15, 0.2) is 35.9 Å². The van der Waals surface area contributed by atoms with E-state index >= 15 is 0 Å². The molecular weight excluding hydrogens is 230 g/mol. The highest BCUT2D eigenvalue weighted by atomic mass is 14.9. The van der Waals surface area contributed by atoms with Crippen LogP contribution in [0.2, 0.25) is 0 Å². The van der Waals surface area contributed by atoms with E-state index in [4.69, 9.17) is 0 Å². The molecule has 0 aromatic heterocycles. The summed E-state index contributed by atoms with van der Waals surface area (Å²) in [6, 6.07) is 9.78. The number of nitrogens with one attached hydrogen (secondary N) is 1. The summed E-state index contributed by atoms with van der Waals surface area (Å²) in [5.41, 5.74) is 4.61. The molecule has 2 aliphatic rings. The Morgan fingerprint density at radius 2 is 2.16 bits per heavy atom. The van der Waals surface area contributed by atoms with Crippen molar-refractivity contribution in [1.82, 2.24) is 5.32 Å². The molecule has 1 nitrogen and oxygen atoms in total. The molecule has 1 N–H and O–H groups in total. The molecule has 1 heteroatoms. The first-order chi connectivity index (χ1) is 9.31. The van der Waals surface area contributed by atoms with Crippen LogP contribution < -0.4 is 5.32 Å². The summed E-state index contributed by atoms with van der Waals surface area (Å²) >= 11 is 0. The fourth-order valence-corrected chi connectivity index (χ4v) is 3.38. The highest BCUT2D eigenvalue weighted by molar-refractivity contribution is 5.27. The third-order valence-electron chi connectivity index (χ3n) is 4.67. The monoisotopic (exact) mass is 255 g/mol. The zero-order chi connectivity index (χ0) is 13.1. The van der Waals surface area contributed by atoms with E-state index in [9.17, 15) is 0 Å². The average Bonchev–Trinajstić information content (AvgIpc) is 2.85. The van der Waals surface area contributed by atoms with Gasteiger partial charge >= 0.3 is 0 Å². The van der Waals surface area contributed by atoms with Crippen molar-refractivity contribution in [2.45, 2.75) is 57.4 Å². The second-order valence-electron chi connectivity index (χ2n) is 6.24. The molecule has 102 valence electrons. The molecule has 1 aromatic carbocycles. The Balaban J connectivity index is 1.38. The number of aryl methyl sites for hydroxylation is 1. The third kappa shape index (κ3) is 3.27. The Morgan fingerprint density at radius 3 is 2.89 bits per heavy atom. The van der Waals surface area contributed by atoms with Crippen LogP contribution >= 0.6 is 0 Å². The molecule has 0 amide bonds. The van der Waals surface area contributed by atoms with Crippen LogP contribution in [0.25, 0.3) is 0 Å². The molecule has 0 spiro atoms. The molecule has 0 heterocycles.